The van der Waals surface area contributed by atoms with Crippen LogP contribution in [0.3, 0.4) is 0 Å². The van der Waals surface area contributed by atoms with Gasteiger partial charge < -0.3 is 15.0 Å². The summed E-state index contributed by atoms with van der Waals surface area (Å²) in [6, 6.07) is 17.5. The first-order valence-electron chi connectivity index (χ1n) is 13.0. The number of carboxylic acid groups (broad SMARTS) is 1. The molecule has 3 aromatic heterocycles. The van der Waals surface area contributed by atoms with Crippen molar-refractivity contribution in [1.29, 1.82) is 0 Å². The van der Waals surface area contributed by atoms with Crippen LogP contribution in [0, 0.1) is 5.82 Å². The van der Waals surface area contributed by atoms with Gasteiger partial charge in [-0.25, -0.2) is 24.1 Å². The predicted molar refractivity (Wildman–Crippen MR) is 151 cm³/mol. The fourth-order valence-corrected chi connectivity index (χ4v) is 5.14. The molecule has 2 aromatic carbocycles. The highest BCUT2D eigenvalue weighted by Gasteiger charge is 2.40. The molecule has 1 saturated carbocycles. The maximum absolute atomic E-state index is 13.8. The van der Waals surface area contributed by atoms with E-state index in [-0.39, 0.29) is 11.5 Å². The molecule has 6 rings (SSSR count). The summed E-state index contributed by atoms with van der Waals surface area (Å²) in [5.41, 5.74) is 9.67. The minimum atomic E-state index is -1.04. The number of amides is 2. The minimum absolute atomic E-state index is 0.248. The van der Waals surface area contributed by atoms with Gasteiger partial charge in [-0.2, -0.15) is 0 Å². The number of hydrazine groups is 1. The van der Waals surface area contributed by atoms with Crippen LogP contribution in [0.1, 0.15) is 35.3 Å². The summed E-state index contributed by atoms with van der Waals surface area (Å²) in [6.45, 7) is 0. The fraction of sp³-hybridized carbons (Fsp3) is 0.167. The topological polar surface area (TPSA) is 134 Å². The second kappa shape index (κ2) is 10.3. The molecule has 4 N–H and O–H groups in total. The lowest BCUT2D eigenvalue weighted by Crippen LogP contribution is -2.50. The summed E-state index contributed by atoms with van der Waals surface area (Å²) in [4.78, 5) is 37.4. The first-order valence-corrected chi connectivity index (χ1v) is 13.0. The number of halogens is 1. The Labute approximate surface area is 234 Å². The fourth-order valence-electron chi connectivity index (χ4n) is 5.14. The zero-order valence-electron chi connectivity index (χ0n) is 22.1. The first-order chi connectivity index (χ1) is 19.8. The molecule has 0 atom stereocenters. The molecule has 11 heteroatoms. The summed E-state index contributed by atoms with van der Waals surface area (Å²) >= 11 is 0. The number of carbonyl (C=O) groups excluding carboxylic acids is 1. The number of imidazole rings is 1. The van der Waals surface area contributed by atoms with E-state index in [1.807, 2.05) is 30.3 Å². The van der Waals surface area contributed by atoms with Gasteiger partial charge in [0, 0.05) is 36.0 Å². The van der Waals surface area contributed by atoms with E-state index in [0.29, 0.717) is 22.4 Å². The average Bonchev–Trinajstić information content (AvgIpc) is 3.40. The molecule has 5 aromatic rings. The number of hydrogen-bond acceptors (Lipinski definition) is 6. The van der Waals surface area contributed by atoms with Gasteiger partial charge in [0.1, 0.15) is 11.5 Å². The molecule has 206 valence electrons. The lowest BCUT2D eigenvalue weighted by atomic mass is 9.71. The molecule has 1 aliphatic carbocycles. The van der Waals surface area contributed by atoms with Gasteiger partial charge in [-0.15, -0.1) is 0 Å². The summed E-state index contributed by atoms with van der Waals surface area (Å²) in [5, 5.41) is 12.7. The highest BCUT2D eigenvalue weighted by atomic mass is 19.1. The number of rotatable bonds is 7. The summed E-state index contributed by atoms with van der Waals surface area (Å²) in [6.07, 6.45) is 6.12. The van der Waals surface area contributed by atoms with E-state index in [0.717, 1.165) is 41.5 Å². The molecule has 1 aliphatic rings. The highest BCUT2D eigenvalue weighted by Crippen LogP contribution is 2.42. The summed E-state index contributed by atoms with van der Waals surface area (Å²) < 4.78 is 15.5. The lowest BCUT2D eigenvalue weighted by Gasteiger charge is -2.42. The van der Waals surface area contributed by atoms with Gasteiger partial charge in [0.15, 0.2) is 5.82 Å². The van der Waals surface area contributed by atoms with Crippen LogP contribution in [-0.4, -0.2) is 36.6 Å². The molecule has 0 bridgehead atoms. The monoisotopic (exact) mass is 551 g/mol. The number of aryl methyl sites for hydroxylation is 1. The summed E-state index contributed by atoms with van der Waals surface area (Å²) in [5.74, 6) is -0.392. The largest absolute Gasteiger partial charge is 0.465 e. The smallest absolute Gasteiger partial charge is 0.405 e. The Morgan fingerprint density at radius 2 is 1.73 bits per heavy atom. The standard InChI is InChI=1S/C30H26FN7O3/c1-38-16-25(33-17-38)28(39)37-36-27-23-15-22(18-5-9-21(31)10-6-18)26(34-24(23)11-14-32-27)19-3-7-20(8-4-19)30(12-2-13-30)35-29(40)41/h3-11,14-17,35H,2,12-13H2,1H3,(H,32,36)(H,37,39)(H,40,41). The van der Waals surface area contributed by atoms with Crippen LogP contribution < -0.4 is 16.2 Å². The van der Waals surface area contributed by atoms with Crippen molar-refractivity contribution < 1.29 is 19.1 Å². The molecule has 0 saturated heterocycles. The molecule has 0 aliphatic heterocycles. The molecule has 0 radical (unpaired) electrons. The van der Waals surface area contributed by atoms with Crippen molar-refractivity contribution in [2.75, 3.05) is 5.43 Å². The molecule has 3 heterocycles. The van der Waals surface area contributed by atoms with Crippen LogP contribution in [0.4, 0.5) is 15.0 Å². The van der Waals surface area contributed by atoms with E-state index >= 15 is 0 Å². The van der Waals surface area contributed by atoms with E-state index in [1.54, 1.807) is 42.2 Å². The SMILES string of the molecule is Cn1cnc(C(=O)NNc2nccc3nc(-c4ccc(C5(NC(=O)O)CCC5)cc4)c(-c4ccc(F)cc4)cc23)c1. The zero-order chi connectivity index (χ0) is 28.6. The van der Waals surface area contributed by atoms with E-state index in [9.17, 15) is 19.1 Å². The van der Waals surface area contributed by atoms with Crippen LogP contribution in [0.5, 0.6) is 0 Å². The van der Waals surface area contributed by atoms with Crippen molar-refractivity contribution in [3.8, 4) is 22.4 Å². The van der Waals surface area contributed by atoms with Crippen LogP contribution in [0.2, 0.25) is 0 Å². The molecular formula is C30H26FN7O3. The van der Waals surface area contributed by atoms with E-state index in [2.05, 4.69) is 26.1 Å². The second-order valence-corrected chi connectivity index (χ2v) is 10.1. The maximum atomic E-state index is 13.8. The van der Waals surface area contributed by atoms with Gasteiger partial charge in [-0.3, -0.25) is 15.6 Å². The molecule has 41 heavy (non-hydrogen) atoms. The molecule has 0 unspecified atom stereocenters. The Balaban J connectivity index is 1.40. The van der Waals surface area contributed by atoms with E-state index in [1.165, 1.54) is 18.5 Å². The number of nitrogens with zero attached hydrogens (tertiary/aromatic N) is 4. The van der Waals surface area contributed by atoms with Gasteiger partial charge in [0.05, 0.1) is 23.1 Å². The third kappa shape index (κ3) is 5.05. The minimum Gasteiger partial charge on any atom is -0.465 e. The van der Waals surface area contributed by atoms with Gasteiger partial charge in [-0.1, -0.05) is 36.4 Å². The molecule has 2 amide bonds. The molecule has 10 nitrogen and oxygen atoms in total. The Kier molecular flexibility index (Phi) is 6.54. The number of pyridine rings is 2. The van der Waals surface area contributed by atoms with Crippen molar-refractivity contribution in [3.05, 3.63) is 96.5 Å². The third-order valence-electron chi connectivity index (χ3n) is 7.39. The van der Waals surface area contributed by atoms with Crippen molar-refractivity contribution in [2.45, 2.75) is 24.8 Å². The average molecular weight is 552 g/mol. The molecular weight excluding hydrogens is 525 g/mol. The number of aromatic nitrogens is 4. The molecule has 0 spiro atoms. The Hall–Kier alpha value is -5.32. The Morgan fingerprint density at radius 1 is 1.00 bits per heavy atom. The zero-order valence-corrected chi connectivity index (χ0v) is 22.1. The van der Waals surface area contributed by atoms with Gasteiger partial charge >= 0.3 is 6.09 Å². The maximum Gasteiger partial charge on any atom is 0.405 e. The van der Waals surface area contributed by atoms with E-state index < -0.39 is 17.5 Å². The quantitative estimate of drug-likeness (QED) is 0.203. The normalized spacial score (nSPS) is 13.8. The number of hydrogen-bond donors (Lipinski definition) is 4. The van der Waals surface area contributed by atoms with E-state index in [4.69, 9.17) is 4.98 Å². The lowest BCUT2D eigenvalue weighted by molar-refractivity contribution is 0.0958. The third-order valence-corrected chi connectivity index (χ3v) is 7.39. The van der Waals surface area contributed by atoms with Crippen LogP contribution in [0.25, 0.3) is 33.3 Å². The van der Waals surface area contributed by atoms with Crippen LogP contribution in [0.15, 0.2) is 79.4 Å². The number of benzene rings is 2. The highest BCUT2D eigenvalue weighted by molar-refractivity contribution is 5.98. The number of fused-ring (bicyclic) bond motifs is 1. The summed E-state index contributed by atoms with van der Waals surface area (Å²) in [7, 11) is 1.77. The first kappa shape index (κ1) is 25.9. The van der Waals surface area contributed by atoms with Crippen molar-refractivity contribution in [1.82, 2.24) is 30.3 Å². The van der Waals surface area contributed by atoms with Gasteiger partial charge in [0.2, 0.25) is 0 Å². The second-order valence-electron chi connectivity index (χ2n) is 10.1. The Morgan fingerprint density at radius 3 is 2.37 bits per heavy atom. The van der Waals surface area contributed by atoms with Crippen LogP contribution in [-0.2, 0) is 12.6 Å². The van der Waals surface area contributed by atoms with Crippen molar-refractivity contribution in [3.63, 3.8) is 0 Å². The van der Waals surface area contributed by atoms with Gasteiger partial charge in [0.25, 0.3) is 5.91 Å². The molecule has 1 fully saturated rings. The number of anilines is 1. The number of carbonyl (C=O) groups is 2. The van der Waals surface area contributed by atoms with Crippen molar-refractivity contribution >= 4 is 28.7 Å². The Bertz CT molecular complexity index is 1760. The van der Waals surface area contributed by atoms with Crippen molar-refractivity contribution in [2.24, 2.45) is 7.05 Å². The predicted octanol–water partition coefficient (Wildman–Crippen LogP) is 5.24. The van der Waals surface area contributed by atoms with Gasteiger partial charge in [-0.05, 0) is 54.7 Å². The number of nitrogens with one attached hydrogen (secondary N) is 3. The van der Waals surface area contributed by atoms with Crippen LogP contribution >= 0.6 is 0 Å².